The van der Waals surface area contributed by atoms with Gasteiger partial charge in [-0.1, -0.05) is 18.2 Å². The topological polar surface area (TPSA) is 54.0 Å². The molecule has 0 bridgehead atoms. The highest BCUT2D eigenvalue weighted by Gasteiger charge is 2.20. The molecule has 7 heteroatoms. The highest BCUT2D eigenvalue weighted by atomic mass is 19.1. The summed E-state index contributed by atoms with van der Waals surface area (Å²) < 4.78 is 24.3. The molecule has 2 heterocycles. The summed E-state index contributed by atoms with van der Waals surface area (Å²) in [6.07, 6.45) is 0. The summed E-state index contributed by atoms with van der Waals surface area (Å²) in [5, 5.41) is 2.91. The van der Waals surface area contributed by atoms with Gasteiger partial charge >= 0.3 is 6.03 Å². The normalized spacial score (nSPS) is 17.2. The zero-order valence-electron chi connectivity index (χ0n) is 16.4. The van der Waals surface area contributed by atoms with Gasteiger partial charge in [0.1, 0.15) is 18.2 Å². The van der Waals surface area contributed by atoms with E-state index in [0.717, 1.165) is 49.7 Å². The van der Waals surface area contributed by atoms with Crippen LogP contribution in [0.4, 0.5) is 9.18 Å². The van der Waals surface area contributed by atoms with E-state index < -0.39 is 0 Å². The number of hydrogen-bond donors (Lipinski definition) is 1. The van der Waals surface area contributed by atoms with Crippen molar-refractivity contribution in [2.24, 2.45) is 0 Å². The zero-order chi connectivity index (χ0) is 20.1. The molecule has 1 fully saturated rings. The van der Waals surface area contributed by atoms with Gasteiger partial charge in [-0.3, -0.25) is 4.90 Å². The minimum absolute atomic E-state index is 0.149. The van der Waals surface area contributed by atoms with Crippen molar-refractivity contribution in [2.75, 3.05) is 39.5 Å². The Balaban J connectivity index is 1.38. The second-order valence-corrected chi connectivity index (χ2v) is 7.39. The molecule has 2 aliphatic heterocycles. The first kappa shape index (κ1) is 19.7. The standard InChI is InChI=1S/C22H26FN3O3/c23-20-4-1-17(2-5-20)14-24-22(27)26-9-12-29-21-6-3-18(13-19(21)16-26)15-25-7-10-28-11-8-25/h1-6,13H,7-12,14-16H2,(H,24,27). The Morgan fingerprint density at radius 3 is 2.55 bits per heavy atom. The first-order chi connectivity index (χ1) is 14.2. The van der Waals surface area contributed by atoms with E-state index in [1.54, 1.807) is 17.0 Å². The molecule has 4 rings (SSSR count). The van der Waals surface area contributed by atoms with E-state index in [1.165, 1.54) is 17.7 Å². The molecule has 154 valence electrons. The number of carbonyl (C=O) groups is 1. The van der Waals surface area contributed by atoms with Crippen LogP contribution in [0, 0.1) is 5.82 Å². The molecule has 0 atom stereocenters. The van der Waals surface area contributed by atoms with Crippen LogP contribution in [0.2, 0.25) is 0 Å². The van der Waals surface area contributed by atoms with Crippen molar-refractivity contribution in [2.45, 2.75) is 19.6 Å². The lowest BCUT2D eigenvalue weighted by Crippen LogP contribution is -2.40. The Kier molecular flexibility index (Phi) is 6.27. The Morgan fingerprint density at radius 2 is 1.76 bits per heavy atom. The Morgan fingerprint density at radius 1 is 1.00 bits per heavy atom. The Hall–Kier alpha value is -2.64. The molecule has 1 N–H and O–H groups in total. The van der Waals surface area contributed by atoms with E-state index >= 15 is 0 Å². The predicted molar refractivity (Wildman–Crippen MR) is 107 cm³/mol. The number of nitrogens with one attached hydrogen (secondary N) is 1. The SMILES string of the molecule is O=C(NCc1ccc(F)cc1)N1CCOc2ccc(CN3CCOCC3)cc2C1. The van der Waals surface area contributed by atoms with Crippen molar-refractivity contribution in [3.8, 4) is 5.75 Å². The van der Waals surface area contributed by atoms with Crippen LogP contribution < -0.4 is 10.1 Å². The molecule has 0 aliphatic carbocycles. The van der Waals surface area contributed by atoms with Gasteiger partial charge in [0.25, 0.3) is 0 Å². The zero-order valence-corrected chi connectivity index (χ0v) is 16.4. The predicted octanol–water partition coefficient (Wildman–Crippen LogP) is 2.76. The maximum atomic E-state index is 13.0. The van der Waals surface area contributed by atoms with Gasteiger partial charge in [0, 0.05) is 31.7 Å². The maximum Gasteiger partial charge on any atom is 0.318 e. The third-order valence-electron chi connectivity index (χ3n) is 5.26. The summed E-state index contributed by atoms with van der Waals surface area (Å²) in [5.41, 5.74) is 3.09. The van der Waals surface area contributed by atoms with Crippen LogP contribution in [0.25, 0.3) is 0 Å². The summed E-state index contributed by atoms with van der Waals surface area (Å²) >= 11 is 0. The van der Waals surface area contributed by atoms with E-state index in [-0.39, 0.29) is 11.8 Å². The highest BCUT2D eigenvalue weighted by molar-refractivity contribution is 5.74. The van der Waals surface area contributed by atoms with Gasteiger partial charge in [0.15, 0.2) is 0 Å². The molecule has 1 saturated heterocycles. The van der Waals surface area contributed by atoms with Gasteiger partial charge in [-0.05, 0) is 35.4 Å². The van der Waals surface area contributed by atoms with Crippen molar-refractivity contribution < 1.29 is 18.7 Å². The second-order valence-electron chi connectivity index (χ2n) is 7.39. The highest BCUT2D eigenvalue weighted by Crippen LogP contribution is 2.25. The molecular formula is C22H26FN3O3. The first-order valence-corrected chi connectivity index (χ1v) is 9.99. The van der Waals surface area contributed by atoms with Crippen LogP contribution in [0.3, 0.4) is 0 Å². The monoisotopic (exact) mass is 399 g/mol. The summed E-state index contributed by atoms with van der Waals surface area (Å²) in [6, 6.07) is 12.2. The Labute approximate surface area is 170 Å². The van der Waals surface area contributed by atoms with Crippen LogP contribution >= 0.6 is 0 Å². The number of carbonyl (C=O) groups excluding carboxylic acids is 1. The lowest BCUT2D eigenvalue weighted by Gasteiger charge is -2.27. The molecule has 6 nitrogen and oxygen atoms in total. The van der Waals surface area contributed by atoms with E-state index in [1.807, 2.05) is 6.07 Å². The summed E-state index contributed by atoms with van der Waals surface area (Å²) in [6.45, 7) is 6.13. The fraction of sp³-hybridized carbons (Fsp3) is 0.409. The number of nitrogens with zero attached hydrogens (tertiary/aromatic N) is 2. The molecule has 2 aromatic rings. The number of morpholine rings is 1. The molecule has 0 spiro atoms. The lowest BCUT2D eigenvalue weighted by atomic mass is 10.1. The second kappa shape index (κ2) is 9.24. The van der Waals surface area contributed by atoms with Crippen molar-refractivity contribution in [1.29, 1.82) is 0 Å². The molecule has 0 radical (unpaired) electrons. The number of rotatable bonds is 4. The van der Waals surface area contributed by atoms with Crippen LogP contribution in [0.15, 0.2) is 42.5 Å². The number of fused-ring (bicyclic) bond motifs is 1. The molecule has 0 aromatic heterocycles. The number of ether oxygens (including phenoxy) is 2. The summed E-state index contributed by atoms with van der Waals surface area (Å²) in [4.78, 5) is 16.8. The van der Waals surface area contributed by atoms with E-state index in [2.05, 4.69) is 22.3 Å². The average Bonchev–Trinajstić information content (AvgIpc) is 2.96. The van der Waals surface area contributed by atoms with Crippen molar-refractivity contribution in [3.05, 3.63) is 65.0 Å². The lowest BCUT2D eigenvalue weighted by molar-refractivity contribution is 0.0342. The Bertz CT molecular complexity index is 838. The minimum atomic E-state index is -0.283. The quantitative estimate of drug-likeness (QED) is 0.859. The minimum Gasteiger partial charge on any atom is -0.491 e. The summed E-state index contributed by atoms with van der Waals surface area (Å²) in [7, 11) is 0. The fourth-order valence-electron chi connectivity index (χ4n) is 3.63. The molecule has 0 unspecified atom stereocenters. The number of benzene rings is 2. The molecule has 2 aliphatic rings. The fourth-order valence-corrected chi connectivity index (χ4v) is 3.63. The first-order valence-electron chi connectivity index (χ1n) is 9.99. The van der Waals surface area contributed by atoms with Gasteiger partial charge < -0.3 is 19.7 Å². The third kappa shape index (κ3) is 5.25. The van der Waals surface area contributed by atoms with Gasteiger partial charge in [-0.15, -0.1) is 0 Å². The number of amides is 2. The van der Waals surface area contributed by atoms with Crippen LogP contribution in [-0.2, 0) is 24.4 Å². The van der Waals surface area contributed by atoms with Gasteiger partial charge in [0.2, 0.25) is 0 Å². The van der Waals surface area contributed by atoms with Crippen molar-refractivity contribution in [1.82, 2.24) is 15.1 Å². The molecule has 0 saturated carbocycles. The smallest absolute Gasteiger partial charge is 0.318 e. The van der Waals surface area contributed by atoms with E-state index in [9.17, 15) is 9.18 Å². The van der Waals surface area contributed by atoms with Gasteiger partial charge in [-0.2, -0.15) is 0 Å². The van der Waals surface area contributed by atoms with Crippen LogP contribution in [0.1, 0.15) is 16.7 Å². The number of urea groups is 1. The van der Waals surface area contributed by atoms with E-state index in [4.69, 9.17) is 9.47 Å². The van der Waals surface area contributed by atoms with E-state index in [0.29, 0.717) is 26.2 Å². The third-order valence-corrected chi connectivity index (χ3v) is 5.26. The largest absolute Gasteiger partial charge is 0.491 e. The summed E-state index contributed by atoms with van der Waals surface area (Å²) in [5.74, 6) is 0.554. The molecule has 29 heavy (non-hydrogen) atoms. The molecule has 2 amide bonds. The van der Waals surface area contributed by atoms with Crippen molar-refractivity contribution >= 4 is 6.03 Å². The average molecular weight is 399 g/mol. The van der Waals surface area contributed by atoms with Crippen molar-refractivity contribution in [3.63, 3.8) is 0 Å². The van der Waals surface area contributed by atoms with Gasteiger partial charge in [-0.25, -0.2) is 9.18 Å². The number of halogens is 1. The molecular weight excluding hydrogens is 373 g/mol. The number of hydrogen-bond acceptors (Lipinski definition) is 4. The maximum absolute atomic E-state index is 13.0. The van der Waals surface area contributed by atoms with Crippen LogP contribution in [-0.4, -0.2) is 55.3 Å². The van der Waals surface area contributed by atoms with Gasteiger partial charge in [0.05, 0.1) is 26.3 Å². The molecule has 2 aromatic carbocycles. The van der Waals surface area contributed by atoms with Crippen LogP contribution in [0.5, 0.6) is 5.75 Å².